The van der Waals surface area contributed by atoms with Crippen LogP contribution in [0.1, 0.15) is 62.2 Å². The highest BCUT2D eigenvalue weighted by molar-refractivity contribution is 6.30. The minimum absolute atomic E-state index is 0.117. The number of nitrogens with zero attached hydrogens (tertiary/aromatic N) is 2. The average molecular weight is 453 g/mol. The standard InChI is InChI=1S/C25H29ClN4O2/c1-25(2,3)23-13-19(30(29-23)18-8-5-7-17(26)12-18)15-27-24(32)28-22-9-4-6-16-10-11-20(31)14-21(16)22/h5,7-8,10-14,22,31H,4,6,9,15H2,1-3H3,(H2,27,28,32). The largest absolute Gasteiger partial charge is 0.508 e. The summed E-state index contributed by atoms with van der Waals surface area (Å²) in [6.45, 7) is 6.65. The number of fused-ring (bicyclic) bond motifs is 1. The second-order valence-corrected chi connectivity index (χ2v) is 9.75. The monoisotopic (exact) mass is 452 g/mol. The molecule has 1 unspecified atom stereocenters. The van der Waals surface area contributed by atoms with Crippen molar-refractivity contribution in [1.82, 2.24) is 20.4 Å². The van der Waals surface area contributed by atoms with Gasteiger partial charge in [-0.25, -0.2) is 9.48 Å². The lowest BCUT2D eigenvalue weighted by Crippen LogP contribution is -2.39. The number of carbonyl (C=O) groups excluding carboxylic acids is 1. The fourth-order valence-corrected chi connectivity index (χ4v) is 4.24. The molecule has 168 valence electrons. The van der Waals surface area contributed by atoms with Crippen molar-refractivity contribution in [3.05, 3.63) is 76.1 Å². The number of aryl methyl sites for hydroxylation is 1. The van der Waals surface area contributed by atoms with Crippen LogP contribution in [0.4, 0.5) is 4.79 Å². The molecule has 0 aliphatic heterocycles. The summed E-state index contributed by atoms with van der Waals surface area (Å²) in [7, 11) is 0. The molecule has 0 bridgehead atoms. The lowest BCUT2D eigenvalue weighted by atomic mass is 9.87. The summed E-state index contributed by atoms with van der Waals surface area (Å²) < 4.78 is 1.83. The molecule has 1 aromatic heterocycles. The molecule has 1 heterocycles. The molecule has 2 aromatic carbocycles. The van der Waals surface area contributed by atoms with Crippen molar-refractivity contribution in [3.63, 3.8) is 0 Å². The van der Waals surface area contributed by atoms with E-state index in [1.54, 1.807) is 12.1 Å². The summed E-state index contributed by atoms with van der Waals surface area (Å²) in [6.07, 6.45) is 2.81. The normalized spacial score (nSPS) is 15.8. The molecule has 3 N–H and O–H groups in total. The number of hydrogen-bond donors (Lipinski definition) is 3. The number of benzene rings is 2. The second-order valence-electron chi connectivity index (χ2n) is 9.32. The lowest BCUT2D eigenvalue weighted by Gasteiger charge is -2.26. The highest BCUT2D eigenvalue weighted by Crippen LogP contribution is 2.32. The van der Waals surface area contributed by atoms with E-state index >= 15 is 0 Å². The van der Waals surface area contributed by atoms with E-state index in [-0.39, 0.29) is 23.2 Å². The van der Waals surface area contributed by atoms with Gasteiger partial charge in [-0.2, -0.15) is 5.10 Å². The van der Waals surface area contributed by atoms with Gasteiger partial charge in [-0.05, 0) is 66.8 Å². The Labute approximate surface area is 193 Å². The number of rotatable bonds is 4. The van der Waals surface area contributed by atoms with Gasteiger partial charge in [0.25, 0.3) is 0 Å². The van der Waals surface area contributed by atoms with Crippen LogP contribution in [0, 0.1) is 0 Å². The Bertz CT molecular complexity index is 1130. The van der Waals surface area contributed by atoms with Gasteiger partial charge in [0.05, 0.1) is 29.7 Å². The highest BCUT2D eigenvalue weighted by atomic mass is 35.5. The molecule has 3 aromatic rings. The number of phenols is 1. The van der Waals surface area contributed by atoms with E-state index in [1.807, 2.05) is 41.1 Å². The summed E-state index contributed by atoms with van der Waals surface area (Å²) in [6, 6.07) is 14.6. The second kappa shape index (κ2) is 8.87. The van der Waals surface area contributed by atoms with Crippen LogP contribution in [-0.4, -0.2) is 20.9 Å². The van der Waals surface area contributed by atoms with Gasteiger partial charge in [0.1, 0.15) is 5.75 Å². The van der Waals surface area contributed by atoms with Gasteiger partial charge in [-0.3, -0.25) is 0 Å². The van der Waals surface area contributed by atoms with Crippen molar-refractivity contribution >= 4 is 17.6 Å². The molecule has 0 fully saturated rings. The van der Waals surface area contributed by atoms with Crippen molar-refractivity contribution in [3.8, 4) is 11.4 Å². The number of phenolic OH excluding ortho intramolecular Hbond substituents is 1. The number of aromatic nitrogens is 2. The first kappa shape index (κ1) is 22.2. The van der Waals surface area contributed by atoms with Gasteiger partial charge in [-0.15, -0.1) is 0 Å². The van der Waals surface area contributed by atoms with Gasteiger partial charge in [0, 0.05) is 10.4 Å². The van der Waals surface area contributed by atoms with Gasteiger partial charge in [0.15, 0.2) is 0 Å². The molecule has 0 spiro atoms. The first-order chi connectivity index (χ1) is 15.2. The van der Waals surface area contributed by atoms with E-state index in [0.717, 1.165) is 41.9 Å². The first-order valence-corrected chi connectivity index (χ1v) is 11.3. The Balaban J connectivity index is 1.51. The lowest BCUT2D eigenvalue weighted by molar-refractivity contribution is 0.235. The Hall–Kier alpha value is -2.99. The summed E-state index contributed by atoms with van der Waals surface area (Å²) in [5.41, 5.74) is 4.69. The van der Waals surface area contributed by atoms with E-state index in [1.165, 1.54) is 5.56 Å². The number of urea groups is 1. The number of aromatic hydroxyl groups is 1. The Morgan fingerprint density at radius 1 is 1.22 bits per heavy atom. The fraction of sp³-hybridized carbons (Fsp3) is 0.360. The van der Waals surface area contributed by atoms with Crippen LogP contribution in [-0.2, 0) is 18.4 Å². The third kappa shape index (κ3) is 4.91. The van der Waals surface area contributed by atoms with Crippen LogP contribution in [0.25, 0.3) is 5.69 Å². The fourth-order valence-electron chi connectivity index (χ4n) is 4.06. The smallest absolute Gasteiger partial charge is 0.315 e. The summed E-state index contributed by atoms with van der Waals surface area (Å²) in [5.74, 6) is 0.220. The van der Waals surface area contributed by atoms with Crippen molar-refractivity contribution in [2.75, 3.05) is 0 Å². The number of nitrogens with one attached hydrogen (secondary N) is 2. The Morgan fingerprint density at radius 3 is 2.78 bits per heavy atom. The maximum Gasteiger partial charge on any atom is 0.315 e. The zero-order chi connectivity index (χ0) is 22.9. The summed E-state index contributed by atoms with van der Waals surface area (Å²) >= 11 is 6.19. The van der Waals surface area contributed by atoms with Crippen LogP contribution >= 0.6 is 11.6 Å². The maximum absolute atomic E-state index is 12.7. The predicted molar refractivity (Wildman–Crippen MR) is 126 cm³/mol. The highest BCUT2D eigenvalue weighted by Gasteiger charge is 2.24. The zero-order valence-corrected chi connectivity index (χ0v) is 19.4. The van der Waals surface area contributed by atoms with E-state index in [2.05, 4.69) is 31.4 Å². The molecule has 7 heteroatoms. The molecule has 1 atom stereocenters. The molecule has 6 nitrogen and oxygen atoms in total. The molecule has 32 heavy (non-hydrogen) atoms. The topological polar surface area (TPSA) is 79.2 Å². The predicted octanol–water partition coefficient (Wildman–Crippen LogP) is 5.41. The summed E-state index contributed by atoms with van der Waals surface area (Å²) in [4.78, 5) is 12.7. The number of carbonyl (C=O) groups is 1. The minimum atomic E-state index is -0.248. The van der Waals surface area contributed by atoms with Crippen molar-refractivity contribution < 1.29 is 9.90 Å². The number of halogens is 1. The molecule has 2 amide bonds. The summed E-state index contributed by atoms with van der Waals surface area (Å²) in [5, 5.41) is 21.3. The molecule has 4 rings (SSSR count). The molecule has 0 saturated carbocycles. The third-order valence-electron chi connectivity index (χ3n) is 5.78. The molecular formula is C25H29ClN4O2. The van der Waals surface area contributed by atoms with E-state index in [0.29, 0.717) is 11.6 Å². The molecular weight excluding hydrogens is 424 g/mol. The van der Waals surface area contributed by atoms with E-state index in [4.69, 9.17) is 16.7 Å². The van der Waals surface area contributed by atoms with Gasteiger partial charge in [0.2, 0.25) is 0 Å². The van der Waals surface area contributed by atoms with Gasteiger partial charge >= 0.3 is 6.03 Å². The van der Waals surface area contributed by atoms with E-state index < -0.39 is 0 Å². The minimum Gasteiger partial charge on any atom is -0.508 e. The Kier molecular flexibility index (Phi) is 6.15. The number of amides is 2. The molecule has 0 saturated heterocycles. The van der Waals surface area contributed by atoms with Gasteiger partial charge in [-0.1, -0.05) is 44.5 Å². The van der Waals surface area contributed by atoms with Crippen LogP contribution < -0.4 is 10.6 Å². The zero-order valence-electron chi connectivity index (χ0n) is 18.7. The molecule has 1 aliphatic rings. The maximum atomic E-state index is 12.7. The van der Waals surface area contributed by atoms with E-state index in [9.17, 15) is 9.90 Å². The van der Waals surface area contributed by atoms with Crippen molar-refractivity contribution in [2.24, 2.45) is 0 Å². The number of hydrogen-bond acceptors (Lipinski definition) is 3. The SMILES string of the molecule is CC(C)(C)c1cc(CNC(=O)NC2CCCc3ccc(O)cc32)n(-c2cccc(Cl)c2)n1. The molecule has 0 radical (unpaired) electrons. The van der Waals surface area contributed by atoms with Crippen molar-refractivity contribution in [2.45, 2.75) is 58.0 Å². The Morgan fingerprint density at radius 2 is 2.03 bits per heavy atom. The first-order valence-electron chi connectivity index (χ1n) is 10.9. The van der Waals surface area contributed by atoms with Crippen LogP contribution in [0.5, 0.6) is 5.75 Å². The van der Waals surface area contributed by atoms with Crippen LogP contribution in [0.3, 0.4) is 0 Å². The quantitative estimate of drug-likeness (QED) is 0.495. The third-order valence-corrected chi connectivity index (χ3v) is 6.02. The molecule has 1 aliphatic carbocycles. The van der Waals surface area contributed by atoms with Gasteiger partial charge < -0.3 is 15.7 Å². The van der Waals surface area contributed by atoms with Crippen LogP contribution in [0.2, 0.25) is 5.02 Å². The van der Waals surface area contributed by atoms with Crippen molar-refractivity contribution in [1.29, 1.82) is 0 Å². The van der Waals surface area contributed by atoms with Crippen LogP contribution in [0.15, 0.2) is 48.5 Å². The average Bonchev–Trinajstić information content (AvgIpc) is 3.18.